The van der Waals surface area contributed by atoms with E-state index in [4.69, 9.17) is 18.9 Å². The molecule has 1 unspecified atom stereocenters. The normalized spacial score (nSPS) is 15.9. The number of nitrogens with one attached hydrogen (secondary N) is 1. The number of benzene rings is 3. The van der Waals surface area contributed by atoms with Gasteiger partial charge in [-0.2, -0.15) is 10.2 Å². The summed E-state index contributed by atoms with van der Waals surface area (Å²) in [6.07, 6.45) is 0.557. The molecule has 1 N–H and O–H groups in total. The van der Waals surface area contributed by atoms with Crippen LogP contribution in [-0.2, 0) is 17.7 Å². The number of carbonyl (C=O) groups is 1. The average Bonchev–Trinajstić information content (AvgIpc) is 3.37. The fraction of sp³-hybridized carbons (Fsp3) is 0.294. The summed E-state index contributed by atoms with van der Waals surface area (Å²) in [5, 5.41) is 13.0. The number of morpholine rings is 1. The van der Waals surface area contributed by atoms with Crippen molar-refractivity contribution < 1.29 is 23.7 Å². The molecule has 1 saturated heterocycles. The number of nitriles is 1. The molecule has 4 aromatic rings. The van der Waals surface area contributed by atoms with Crippen LogP contribution in [0.25, 0.3) is 11.1 Å². The van der Waals surface area contributed by atoms with Crippen molar-refractivity contribution in [2.24, 2.45) is 0 Å². The van der Waals surface area contributed by atoms with E-state index in [0.717, 1.165) is 41.2 Å². The topological polar surface area (TPSA) is 119 Å². The number of hydrogen-bond donors (Lipinski definition) is 1. The minimum atomic E-state index is -0.355. The molecule has 1 atom stereocenters. The molecule has 224 valence electrons. The Balaban J connectivity index is 1.24. The van der Waals surface area contributed by atoms with E-state index < -0.39 is 0 Å². The third-order valence-corrected chi connectivity index (χ3v) is 7.92. The van der Waals surface area contributed by atoms with Crippen molar-refractivity contribution in [1.29, 1.82) is 5.26 Å². The van der Waals surface area contributed by atoms with Crippen molar-refractivity contribution >= 4 is 11.6 Å². The summed E-state index contributed by atoms with van der Waals surface area (Å²) >= 11 is 0. The van der Waals surface area contributed by atoms with Gasteiger partial charge in [-0.3, -0.25) is 4.79 Å². The van der Waals surface area contributed by atoms with E-state index in [1.165, 1.54) is 0 Å². The number of fused-ring (bicyclic) bond motifs is 1. The van der Waals surface area contributed by atoms with Crippen LogP contribution in [0.4, 0.5) is 5.82 Å². The van der Waals surface area contributed by atoms with Crippen LogP contribution in [-0.4, -0.2) is 62.3 Å². The van der Waals surface area contributed by atoms with E-state index >= 15 is 0 Å². The molecule has 1 aliphatic heterocycles. The number of ketones is 1. The van der Waals surface area contributed by atoms with Crippen molar-refractivity contribution in [1.82, 2.24) is 15.3 Å². The molecule has 0 saturated carbocycles. The van der Waals surface area contributed by atoms with Gasteiger partial charge in [-0.05, 0) is 48.7 Å². The number of Topliss-reactive ketones (excluding diaryl/α,β-unsaturated/α-hetero) is 1. The summed E-state index contributed by atoms with van der Waals surface area (Å²) in [7, 11) is 3.23. The van der Waals surface area contributed by atoms with Gasteiger partial charge < -0.3 is 29.2 Å². The van der Waals surface area contributed by atoms with E-state index in [1.807, 2.05) is 55.5 Å². The highest BCUT2D eigenvalue weighted by molar-refractivity contribution is 6.05. The van der Waals surface area contributed by atoms with Gasteiger partial charge in [-0.15, -0.1) is 0 Å². The maximum Gasteiger partial charge on any atom is 0.224 e. The number of rotatable bonds is 9. The molecule has 10 nitrogen and oxygen atoms in total. The Bertz CT molecular complexity index is 1750. The molecule has 44 heavy (non-hydrogen) atoms. The zero-order valence-corrected chi connectivity index (χ0v) is 24.9. The minimum Gasteiger partial charge on any atom is -0.497 e. The molecule has 6 rings (SSSR count). The van der Waals surface area contributed by atoms with Crippen molar-refractivity contribution in [2.75, 3.05) is 45.4 Å². The molecule has 0 bridgehead atoms. The molecule has 1 aliphatic carbocycles. The lowest BCUT2D eigenvalue weighted by molar-refractivity contribution is 0.0957. The Morgan fingerprint density at radius 1 is 0.977 bits per heavy atom. The van der Waals surface area contributed by atoms with E-state index in [1.54, 1.807) is 26.4 Å². The van der Waals surface area contributed by atoms with Crippen molar-refractivity contribution in [3.8, 4) is 40.3 Å². The van der Waals surface area contributed by atoms with Gasteiger partial charge in [-0.1, -0.05) is 24.3 Å². The van der Waals surface area contributed by atoms with E-state index in [-0.39, 0.29) is 11.8 Å². The molecule has 1 fully saturated rings. The summed E-state index contributed by atoms with van der Waals surface area (Å²) in [5.74, 6) is 3.72. The molecule has 2 heterocycles. The number of nitrogens with zero attached hydrogens (tertiary/aromatic N) is 4. The second-order valence-corrected chi connectivity index (χ2v) is 10.7. The van der Waals surface area contributed by atoms with Gasteiger partial charge in [0.2, 0.25) is 5.88 Å². The van der Waals surface area contributed by atoms with Crippen LogP contribution in [0, 0.1) is 18.3 Å². The quantitative estimate of drug-likeness (QED) is 0.289. The van der Waals surface area contributed by atoms with E-state index in [0.29, 0.717) is 66.3 Å². The highest BCUT2D eigenvalue weighted by atomic mass is 16.5. The molecule has 0 amide bonds. The largest absolute Gasteiger partial charge is 0.497 e. The Kier molecular flexibility index (Phi) is 8.41. The van der Waals surface area contributed by atoms with Crippen LogP contribution in [0.2, 0.25) is 0 Å². The van der Waals surface area contributed by atoms with Gasteiger partial charge in [0.25, 0.3) is 0 Å². The summed E-state index contributed by atoms with van der Waals surface area (Å²) in [6.45, 7) is 5.06. The predicted octanol–water partition coefficient (Wildman–Crippen LogP) is 4.87. The van der Waals surface area contributed by atoms with Gasteiger partial charge in [0.1, 0.15) is 28.9 Å². The Morgan fingerprint density at radius 2 is 1.80 bits per heavy atom. The van der Waals surface area contributed by atoms with Crippen LogP contribution in [0.3, 0.4) is 0 Å². The molecule has 1 aromatic heterocycles. The number of anilines is 1. The van der Waals surface area contributed by atoms with E-state index in [2.05, 4.69) is 26.3 Å². The van der Waals surface area contributed by atoms with Gasteiger partial charge in [0, 0.05) is 48.5 Å². The second-order valence-electron chi connectivity index (χ2n) is 10.7. The van der Waals surface area contributed by atoms with Gasteiger partial charge in [0.05, 0.1) is 45.1 Å². The van der Waals surface area contributed by atoms with Crippen LogP contribution in [0.5, 0.6) is 23.1 Å². The Labute approximate surface area is 256 Å². The maximum absolute atomic E-state index is 13.3. The first-order chi connectivity index (χ1) is 21.4. The predicted molar refractivity (Wildman–Crippen MR) is 165 cm³/mol. The zero-order chi connectivity index (χ0) is 30.6. The number of methoxy groups -OCH3 is 2. The number of carbonyl (C=O) groups excluding carboxylic acids is 1. The highest BCUT2D eigenvalue weighted by Crippen LogP contribution is 2.37. The van der Waals surface area contributed by atoms with Gasteiger partial charge in [0.15, 0.2) is 5.78 Å². The van der Waals surface area contributed by atoms with Crippen LogP contribution >= 0.6 is 0 Å². The highest BCUT2D eigenvalue weighted by Gasteiger charge is 2.31. The summed E-state index contributed by atoms with van der Waals surface area (Å²) in [6, 6.07) is 20.5. The zero-order valence-electron chi connectivity index (χ0n) is 24.9. The number of hydrogen-bond acceptors (Lipinski definition) is 10. The Morgan fingerprint density at radius 3 is 2.57 bits per heavy atom. The average molecular weight is 592 g/mol. The molecule has 10 heteroatoms. The fourth-order valence-corrected chi connectivity index (χ4v) is 5.63. The number of aryl methyl sites for hydroxylation is 1. The SMILES string of the molecule is COc1ccc(CNC2Cc3cc(-c4ccc(C#N)cc4Oc4cc(N5CCOCC5)nc(C)n4)ccc3C2=O)c(OC)c1. The van der Waals surface area contributed by atoms with Crippen molar-refractivity contribution in [3.05, 3.63) is 88.7 Å². The standard InChI is InChI=1S/C34H33N5O5/c1-21-37-32(39-10-12-43-13-11-39)18-33(38-21)44-31-14-22(19-35)4-8-27(31)23-6-9-28-25(15-23)16-29(34(28)40)36-20-24-5-7-26(41-2)17-30(24)42-3/h4-9,14-15,17-18,29,36H,10-13,16,20H2,1-3H3. The van der Waals surface area contributed by atoms with E-state index in [9.17, 15) is 10.1 Å². The Hall–Kier alpha value is -4.98. The molecule has 0 radical (unpaired) electrons. The summed E-state index contributed by atoms with van der Waals surface area (Å²) in [5.41, 5.74) is 4.74. The lowest BCUT2D eigenvalue weighted by atomic mass is 9.98. The molecule has 3 aromatic carbocycles. The number of ether oxygens (including phenoxy) is 4. The summed E-state index contributed by atoms with van der Waals surface area (Å²) in [4.78, 5) is 24.6. The molecular weight excluding hydrogens is 558 g/mol. The summed E-state index contributed by atoms with van der Waals surface area (Å²) < 4.78 is 22.6. The first-order valence-electron chi connectivity index (χ1n) is 14.5. The smallest absolute Gasteiger partial charge is 0.224 e. The monoisotopic (exact) mass is 591 g/mol. The fourth-order valence-electron chi connectivity index (χ4n) is 5.63. The van der Waals surface area contributed by atoms with Gasteiger partial charge in [-0.25, -0.2) is 4.98 Å². The molecule has 0 spiro atoms. The number of aromatic nitrogens is 2. The maximum atomic E-state index is 13.3. The van der Waals surface area contributed by atoms with Crippen LogP contribution in [0.1, 0.15) is 32.9 Å². The van der Waals surface area contributed by atoms with Gasteiger partial charge >= 0.3 is 0 Å². The molecule has 2 aliphatic rings. The minimum absolute atomic E-state index is 0.0578. The van der Waals surface area contributed by atoms with Crippen LogP contribution in [0.15, 0.2) is 60.7 Å². The van der Waals surface area contributed by atoms with Crippen LogP contribution < -0.4 is 24.4 Å². The van der Waals surface area contributed by atoms with Crippen molar-refractivity contribution in [3.63, 3.8) is 0 Å². The first-order valence-corrected chi connectivity index (χ1v) is 14.5. The third-order valence-electron chi connectivity index (χ3n) is 7.92. The lowest BCUT2D eigenvalue weighted by Gasteiger charge is -2.28. The molecular formula is C34H33N5O5. The second kappa shape index (κ2) is 12.7. The first kappa shape index (κ1) is 29.1. The lowest BCUT2D eigenvalue weighted by Crippen LogP contribution is -2.36. The van der Waals surface area contributed by atoms with Crippen molar-refractivity contribution in [2.45, 2.75) is 25.9 Å². The third kappa shape index (κ3) is 6.06.